The fourth-order valence-corrected chi connectivity index (χ4v) is 5.13. The van der Waals surface area contributed by atoms with Gasteiger partial charge in [-0.05, 0) is 43.2 Å². The Hall–Kier alpha value is -2.50. The molecule has 3 aromatic heterocycles. The number of carbonyl (C=O) groups is 1. The van der Waals surface area contributed by atoms with Crippen molar-refractivity contribution in [3.05, 3.63) is 75.5 Å². The zero-order chi connectivity index (χ0) is 18.5. The van der Waals surface area contributed by atoms with Crippen molar-refractivity contribution in [2.45, 2.75) is 25.7 Å². The van der Waals surface area contributed by atoms with Crippen molar-refractivity contribution in [1.82, 2.24) is 14.6 Å². The summed E-state index contributed by atoms with van der Waals surface area (Å²) in [5.74, 6) is 0.315. The highest BCUT2D eigenvalue weighted by Crippen LogP contribution is 2.42. The molecule has 4 nitrogen and oxygen atoms in total. The molecule has 3 heterocycles. The molecular formula is C21H16ClN3OS. The van der Waals surface area contributed by atoms with Gasteiger partial charge >= 0.3 is 0 Å². The molecule has 0 saturated carbocycles. The SMILES string of the molecule is Cc1nn2ccccc2c1-c1nc2c(s1)C(=O)CCC2c1ccc(Cl)cc1. The van der Waals surface area contributed by atoms with E-state index in [1.54, 1.807) is 0 Å². The normalized spacial score (nSPS) is 16.7. The Morgan fingerprint density at radius 1 is 1.19 bits per heavy atom. The van der Waals surface area contributed by atoms with Crippen LogP contribution in [0.1, 0.15) is 45.4 Å². The number of benzene rings is 1. The van der Waals surface area contributed by atoms with E-state index in [9.17, 15) is 4.79 Å². The molecule has 0 fully saturated rings. The molecule has 0 N–H and O–H groups in total. The fourth-order valence-electron chi connectivity index (χ4n) is 3.80. The lowest BCUT2D eigenvalue weighted by Crippen LogP contribution is -2.15. The van der Waals surface area contributed by atoms with Crippen LogP contribution in [0, 0.1) is 6.92 Å². The minimum atomic E-state index is 0.127. The standard InChI is InChI=1S/C21H16ClN3OS/c1-12-18(16-4-2-3-11-25(16)24-12)21-23-19-15(9-10-17(26)20(19)27-21)13-5-7-14(22)8-6-13/h2-8,11,15H,9-10H2,1H3. The third-order valence-electron chi connectivity index (χ3n) is 5.10. The number of ketones is 1. The molecule has 1 aliphatic rings. The topological polar surface area (TPSA) is 47.3 Å². The molecule has 0 bridgehead atoms. The van der Waals surface area contributed by atoms with E-state index in [1.165, 1.54) is 11.3 Å². The summed E-state index contributed by atoms with van der Waals surface area (Å²) >= 11 is 7.53. The van der Waals surface area contributed by atoms with Gasteiger partial charge in [-0.1, -0.05) is 29.8 Å². The number of halogens is 1. The number of hydrogen-bond acceptors (Lipinski definition) is 4. The first kappa shape index (κ1) is 16.7. The number of Topliss-reactive ketones (excluding diaryl/α,β-unsaturated/α-hetero) is 1. The van der Waals surface area contributed by atoms with Gasteiger partial charge in [0.1, 0.15) is 5.01 Å². The van der Waals surface area contributed by atoms with E-state index in [2.05, 4.69) is 5.10 Å². The van der Waals surface area contributed by atoms with Crippen molar-refractivity contribution >= 4 is 34.2 Å². The quantitative estimate of drug-likeness (QED) is 0.450. The second kappa shape index (κ2) is 6.29. The first-order chi connectivity index (χ1) is 13.1. The number of aromatic nitrogens is 3. The lowest BCUT2D eigenvalue weighted by Gasteiger charge is -2.20. The summed E-state index contributed by atoms with van der Waals surface area (Å²) in [6.45, 7) is 1.99. The number of hydrogen-bond donors (Lipinski definition) is 0. The second-order valence-corrected chi connectivity index (χ2v) is 8.23. The third kappa shape index (κ3) is 2.69. The summed E-state index contributed by atoms with van der Waals surface area (Å²) in [7, 11) is 0. The summed E-state index contributed by atoms with van der Waals surface area (Å²) in [6.07, 6.45) is 3.26. The van der Waals surface area contributed by atoms with Gasteiger partial charge in [0.15, 0.2) is 5.78 Å². The predicted molar refractivity (Wildman–Crippen MR) is 108 cm³/mol. The molecule has 6 heteroatoms. The number of thiazole rings is 1. The van der Waals surface area contributed by atoms with Gasteiger partial charge in [0.25, 0.3) is 0 Å². The Morgan fingerprint density at radius 2 is 2.00 bits per heavy atom. The van der Waals surface area contributed by atoms with E-state index in [4.69, 9.17) is 16.6 Å². The van der Waals surface area contributed by atoms with Crippen LogP contribution in [-0.2, 0) is 0 Å². The second-order valence-electron chi connectivity index (χ2n) is 6.79. The molecule has 27 heavy (non-hydrogen) atoms. The van der Waals surface area contributed by atoms with Gasteiger partial charge in [0.2, 0.25) is 0 Å². The lowest BCUT2D eigenvalue weighted by molar-refractivity contribution is 0.0973. The van der Waals surface area contributed by atoms with Crippen LogP contribution in [0.5, 0.6) is 0 Å². The maximum atomic E-state index is 12.6. The summed E-state index contributed by atoms with van der Waals surface area (Å²) in [5.41, 5.74) is 4.99. The van der Waals surface area contributed by atoms with Crippen molar-refractivity contribution in [3.8, 4) is 10.6 Å². The van der Waals surface area contributed by atoms with E-state index >= 15 is 0 Å². The zero-order valence-electron chi connectivity index (χ0n) is 14.6. The molecule has 0 radical (unpaired) electrons. The van der Waals surface area contributed by atoms with Gasteiger partial charge in [-0.15, -0.1) is 11.3 Å². The van der Waals surface area contributed by atoms with Gasteiger partial charge in [-0.3, -0.25) is 4.79 Å². The molecule has 0 aliphatic heterocycles. The van der Waals surface area contributed by atoms with Crippen LogP contribution < -0.4 is 0 Å². The number of carbonyl (C=O) groups excluding carboxylic acids is 1. The van der Waals surface area contributed by atoms with E-state index in [-0.39, 0.29) is 11.7 Å². The Morgan fingerprint density at radius 3 is 2.81 bits per heavy atom. The highest BCUT2D eigenvalue weighted by atomic mass is 35.5. The van der Waals surface area contributed by atoms with Crippen LogP contribution in [0.4, 0.5) is 0 Å². The van der Waals surface area contributed by atoms with Gasteiger partial charge in [-0.25, -0.2) is 9.50 Å². The summed E-state index contributed by atoms with van der Waals surface area (Å²) in [4.78, 5) is 18.3. The molecule has 134 valence electrons. The van der Waals surface area contributed by atoms with Gasteiger partial charge in [-0.2, -0.15) is 5.10 Å². The summed E-state index contributed by atoms with van der Waals surface area (Å²) in [5, 5.41) is 6.17. The number of nitrogens with zero attached hydrogens (tertiary/aromatic N) is 3. The zero-order valence-corrected chi connectivity index (χ0v) is 16.2. The molecular weight excluding hydrogens is 378 g/mol. The molecule has 0 amide bonds. The van der Waals surface area contributed by atoms with E-state index in [1.807, 2.05) is 60.1 Å². The van der Waals surface area contributed by atoms with Crippen molar-refractivity contribution < 1.29 is 4.79 Å². The predicted octanol–water partition coefficient (Wildman–Crippen LogP) is 5.53. The average Bonchev–Trinajstić information content (AvgIpc) is 3.24. The molecule has 1 atom stereocenters. The Balaban J connectivity index is 1.67. The number of aryl methyl sites for hydroxylation is 1. The van der Waals surface area contributed by atoms with Crippen molar-refractivity contribution in [2.24, 2.45) is 0 Å². The Labute approximate surface area is 165 Å². The van der Waals surface area contributed by atoms with Crippen molar-refractivity contribution in [2.75, 3.05) is 0 Å². The largest absolute Gasteiger partial charge is 0.293 e. The smallest absolute Gasteiger partial charge is 0.174 e. The van der Waals surface area contributed by atoms with Gasteiger partial charge in [0, 0.05) is 23.6 Å². The van der Waals surface area contributed by atoms with Crippen LogP contribution >= 0.6 is 22.9 Å². The maximum Gasteiger partial charge on any atom is 0.174 e. The molecule has 0 spiro atoms. The van der Waals surface area contributed by atoms with E-state index in [0.29, 0.717) is 11.4 Å². The van der Waals surface area contributed by atoms with Crippen LogP contribution in [0.3, 0.4) is 0 Å². The Kier molecular flexibility index (Phi) is 3.88. The first-order valence-electron chi connectivity index (χ1n) is 8.85. The fraction of sp³-hybridized carbons (Fsp3) is 0.190. The molecule has 5 rings (SSSR count). The third-order valence-corrected chi connectivity index (χ3v) is 6.48. The number of fused-ring (bicyclic) bond motifs is 2. The highest BCUT2D eigenvalue weighted by molar-refractivity contribution is 7.17. The Bertz CT molecular complexity index is 1180. The van der Waals surface area contributed by atoms with Crippen LogP contribution in [0.15, 0.2) is 48.7 Å². The number of rotatable bonds is 2. The van der Waals surface area contributed by atoms with Crippen LogP contribution in [0.25, 0.3) is 16.1 Å². The summed E-state index contributed by atoms with van der Waals surface area (Å²) < 4.78 is 1.86. The molecule has 1 aliphatic carbocycles. The van der Waals surface area contributed by atoms with Crippen LogP contribution in [0.2, 0.25) is 5.02 Å². The lowest BCUT2D eigenvalue weighted by atomic mass is 9.85. The van der Waals surface area contributed by atoms with Crippen molar-refractivity contribution in [1.29, 1.82) is 0 Å². The minimum absolute atomic E-state index is 0.127. The van der Waals surface area contributed by atoms with Crippen LogP contribution in [-0.4, -0.2) is 20.4 Å². The van der Waals surface area contributed by atoms with Crippen molar-refractivity contribution in [3.63, 3.8) is 0 Å². The number of pyridine rings is 1. The van der Waals surface area contributed by atoms with Gasteiger partial charge in [0.05, 0.1) is 27.3 Å². The first-order valence-corrected chi connectivity index (χ1v) is 10.0. The minimum Gasteiger partial charge on any atom is -0.293 e. The van der Waals surface area contributed by atoms with E-state index < -0.39 is 0 Å². The molecule has 1 aromatic carbocycles. The van der Waals surface area contributed by atoms with E-state index in [0.717, 1.165) is 44.3 Å². The average molecular weight is 394 g/mol. The molecule has 0 saturated heterocycles. The molecule has 4 aromatic rings. The summed E-state index contributed by atoms with van der Waals surface area (Å²) in [6, 6.07) is 13.9. The monoisotopic (exact) mass is 393 g/mol. The maximum absolute atomic E-state index is 12.6. The highest BCUT2D eigenvalue weighted by Gasteiger charge is 2.32. The molecule has 1 unspecified atom stereocenters. The van der Waals surface area contributed by atoms with Gasteiger partial charge < -0.3 is 0 Å².